The molecule has 0 spiro atoms. The van der Waals surface area contributed by atoms with Gasteiger partial charge in [-0.05, 0) is 72.6 Å². The molecule has 0 saturated carbocycles. The summed E-state index contributed by atoms with van der Waals surface area (Å²) in [5, 5.41) is 8.75. The molecule has 0 N–H and O–H groups in total. The summed E-state index contributed by atoms with van der Waals surface area (Å²) in [4.78, 5) is 16.3. The van der Waals surface area contributed by atoms with E-state index in [0.717, 1.165) is 22.3 Å². The first-order chi connectivity index (χ1) is 25.2. The van der Waals surface area contributed by atoms with Gasteiger partial charge >= 0.3 is 0 Å². The fourth-order valence-electron chi connectivity index (χ4n) is 7.18. The van der Waals surface area contributed by atoms with Crippen LogP contribution in [-0.4, -0.2) is 15.0 Å². The molecule has 51 heavy (non-hydrogen) atoms. The molecule has 0 saturated heterocycles. The second-order valence-corrected chi connectivity index (χ2v) is 13.9. The SMILES string of the molecule is c1ccc(-c2nc(-c3ccc(-c4cc5ccccc5s4)cc3)nc(-c3ccc(-c4c5ccccc5cc5c4ccc4ccccc45)cc3)n2)cc1. The van der Waals surface area contributed by atoms with E-state index >= 15 is 0 Å². The van der Waals surface area contributed by atoms with Crippen molar-refractivity contribution in [1.82, 2.24) is 15.0 Å². The Kier molecular flexibility index (Phi) is 7.00. The lowest BCUT2D eigenvalue weighted by Gasteiger charge is -2.14. The molecule has 0 amide bonds. The molecule has 0 aliphatic carbocycles. The van der Waals surface area contributed by atoms with E-state index in [1.54, 1.807) is 0 Å². The summed E-state index contributed by atoms with van der Waals surface area (Å²) < 4.78 is 1.29. The molecule has 2 aromatic heterocycles. The molecule has 0 bridgehead atoms. The highest BCUT2D eigenvalue weighted by Gasteiger charge is 2.15. The Labute approximate surface area is 299 Å². The lowest BCUT2D eigenvalue weighted by Crippen LogP contribution is -2.00. The smallest absolute Gasteiger partial charge is 0.164 e. The van der Waals surface area contributed by atoms with Crippen LogP contribution in [0.15, 0.2) is 176 Å². The molecule has 0 aliphatic rings. The quantitative estimate of drug-likeness (QED) is 0.135. The van der Waals surface area contributed by atoms with E-state index in [9.17, 15) is 0 Å². The average Bonchev–Trinajstić information content (AvgIpc) is 3.65. The van der Waals surface area contributed by atoms with Crippen LogP contribution in [-0.2, 0) is 0 Å². The topological polar surface area (TPSA) is 38.7 Å². The minimum absolute atomic E-state index is 0.646. The van der Waals surface area contributed by atoms with Crippen molar-refractivity contribution in [3.8, 4) is 55.7 Å². The van der Waals surface area contributed by atoms with Crippen molar-refractivity contribution in [3.05, 3.63) is 176 Å². The van der Waals surface area contributed by atoms with Crippen LogP contribution in [0.25, 0.3) is 98.1 Å². The molecule has 10 rings (SSSR count). The van der Waals surface area contributed by atoms with Crippen LogP contribution in [0.5, 0.6) is 0 Å². The van der Waals surface area contributed by atoms with Gasteiger partial charge in [0, 0.05) is 26.3 Å². The van der Waals surface area contributed by atoms with Crippen LogP contribution >= 0.6 is 11.3 Å². The fourth-order valence-corrected chi connectivity index (χ4v) is 8.24. The third kappa shape index (κ3) is 5.25. The van der Waals surface area contributed by atoms with Crippen LogP contribution < -0.4 is 0 Å². The summed E-state index contributed by atoms with van der Waals surface area (Å²) >= 11 is 1.81. The zero-order valence-corrected chi connectivity index (χ0v) is 28.3. The van der Waals surface area contributed by atoms with Crippen LogP contribution in [0.1, 0.15) is 0 Å². The first-order valence-corrected chi connectivity index (χ1v) is 17.9. The number of hydrogen-bond acceptors (Lipinski definition) is 4. The number of thiophene rings is 1. The molecule has 0 fully saturated rings. The Balaban J connectivity index is 1.08. The van der Waals surface area contributed by atoms with E-state index < -0.39 is 0 Å². The summed E-state index contributed by atoms with van der Waals surface area (Å²) in [6.07, 6.45) is 0. The second-order valence-electron chi connectivity index (χ2n) is 12.8. The highest BCUT2D eigenvalue weighted by Crippen LogP contribution is 2.40. The predicted octanol–water partition coefficient (Wildman–Crippen LogP) is 12.9. The van der Waals surface area contributed by atoms with Gasteiger partial charge in [0.2, 0.25) is 0 Å². The number of hydrogen-bond donors (Lipinski definition) is 0. The van der Waals surface area contributed by atoms with Crippen molar-refractivity contribution in [2.75, 3.05) is 0 Å². The van der Waals surface area contributed by atoms with Gasteiger partial charge in [-0.25, -0.2) is 15.0 Å². The van der Waals surface area contributed by atoms with Gasteiger partial charge in [0.25, 0.3) is 0 Å². The number of benzene rings is 8. The first-order valence-electron chi connectivity index (χ1n) is 17.1. The normalized spacial score (nSPS) is 11.5. The Morgan fingerprint density at radius 2 is 0.843 bits per heavy atom. The van der Waals surface area contributed by atoms with Crippen molar-refractivity contribution >= 4 is 53.7 Å². The molecule has 10 aromatic rings. The van der Waals surface area contributed by atoms with Gasteiger partial charge in [0.15, 0.2) is 17.5 Å². The summed E-state index contributed by atoms with van der Waals surface area (Å²) in [5.74, 6) is 1.95. The van der Waals surface area contributed by atoms with E-state index in [1.165, 1.54) is 58.4 Å². The Hall–Kier alpha value is -6.49. The van der Waals surface area contributed by atoms with Crippen molar-refractivity contribution in [1.29, 1.82) is 0 Å². The summed E-state index contributed by atoms with van der Waals surface area (Å²) in [5.41, 5.74) is 6.42. The van der Waals surface area contributed by atoms with E-state index in [2.05, 4.69) is 146 Å². The first kappa shape index (κ1) is 29.4. The van der Waals surface area contributed by atoms with Gasteiger partial charge in [-0.15, -0.1) is 11.3 Å². The number of fused-ring (bicyclic) bond motifs is 5. The van der Waals surface area contributed by atoms with Crippen LogP contribution in [0, 0.1) is 0 Å². The highest BCUT2D eigenvalue weighted by atomic mass is 32.1. The molecular weight excluding hydrogens is 639 g/mol. The van der Waals surface area contributed by atoms with Gasteiger partial charge in [-0.2, -0.15) is 0 Å². The van der Waals surface area contributed by atoms with Crippen molar-refractivity contribution < 1.29 is 0 Å². The average molecular weight is 668 g/mol. The molecular formula is C47H29N3S. The van der Waals surface area contributed by atoms with Gasteiger partial charge in [0.1, 0.15) is 0 Å². The molecule has 3 nitrogen and oxygen atoms in total. The zero-order valence-electron chi connectivity index (χ0n) is 27.5. The minimum Gasteiger partial charge on any atom is -0.208 e. The third-order valence-electron chi connectivity index (χ3n) is 9.72. The van der Waals surface area contributed by atoms with Crippen molar-refractivity contribution in [2.45, 2.75) is 0 Å². The van der Waals surface area contributed by atoms with E-state index in [-0.39, 0.29) is 0 Å². The van der Waals surface area contributed by atoms with Crippen LogP contribution in [0.2, 0.25) is 0 Å². The maximum Gasteiger partial charge on any atom is 0.164 e. The van der Waals surface area contributed by atoms with Gasteiger partial charge in [-0.3, -0.25) is 0 Å². The molecule has 0 aliphatic heterocycles. The Bertz CT molecular complexity index is 2860. The highest BCUT2D eigenvalue weighted by molar-refractivity contribution is 7.22. The third-order valence-corrected chi connectivity index (χ3v) is 10.9. The standard InChI is InChI=1S/C47H29N3S/c1-2-11-33(12-3-1)45-48-46(34-22-18-31(19-23-34)43-29-37-14-6-9-17-42(37)51-43)50-47(49-45)35-24-20-32(21-25-35)44-39-16-8-5-13-36(39)28-41-38-15-7-4-10-30(38)26-27-40(41)44/h1-29H. The molecule has 0 unspecified atom stereocenters. The van der Waals surface area contributed by atoms with Crippen LogP contribution in [0.3, 0.4) is 0 Å². The largest absolute Gasteiger partial charge is 0.208 e. The van der Waals surface area contributed by atoms with Gasteiger partial charge in [-0.1, -0.05) is 158 Å². The summed E-state index contributed by atoms with van der Waals surface area (Å²) in [6, 6.07) is 62.3. The van der Waals surface area contributed by atoms with E-state index in [4.69, 9.17) is 15.0 Å². The maximum atomic E-state index is 5.05. The van der Waals surface area contributed by atoms with E-state index in [0.29, 0.717) is 17.5 Å². The lowest BCUT2D eigenvalue weighted by atomic mass is 9.89. The predicted molar refractivity (Wildman–Crippen MR) is 215 cm³/mol. The maximum absolute atomic E-state index is 5.05. The molecule has 0 radical (unpaired) electrons. The van der Waals surface area contributed by atoms with Crippen molar-refractivity contribution in [2.24, 2.45) is 0 Å². The Morgan fingerprint density at radius 3 is 1.53 bits per heavy atom. The molecule has 4 heteroatoms. The van der Waals surface area contributed by atoms with Gasteiger partial charge < -0.3 is 0 Å². The number of aromatic nitrogens is 3. The molecule has 2 heterocycles. The molecule has 8 aromatic carbocycles. The summed E-state index contributed by atoms with van der Waals surface area (Å²) in [7, 11) is 0. The fraction of sp³-hybridized carbons (Fsp3) is 0. The number of rotatable bonds is 5. The lowest BCUT2D eigenvalue weighted by molar-refractivity contribution is 1.07. The monoisotopic (exact) mass is 667 g/mol. The van der Waals surface area contributed by atoms with Crippen molar-refractivity contribution in [3.63, 3.8) is 0 Å². The zero-order chi connectivity index (χ0) is 33.7. The minimum atomic E-state index is 0.646. The van der Waals surface area contributed by atoms with Crippen LogP contribution in [0.4, 0.5) is 0 Å². The molecule has 238 valence electrons. The summed E-state index contributed by atoms with van der Waals surface area (Å²) in [6.45, 7) is 0. The Morgan fingerprint density at radius 1 is 0.314 bits per heavy atom. The molecule has 0 atom stereocenters. The van der Waals surface area contributed by atoms with Gasteiger partial charge in [0.05, 0.1) is 0 Å². The number of nitrogens with zero attached hydrogens (tertiary/aromatic N) is 3. The van der Waals surface area contributed by atoms with E-state index in [1.807, 2.05) is 41.7 Å². The second kappa shape index (κ2) is 12.1.